The fourth-order valence-corrected chi connectivity index (χ4v) is 3.26. The monoisotopic (exact) mass is 243 g/mol. The lowest BCUT2D eigenvalue weighted by Gasteiger charge is -2.17. The maximum absolute atomic E-state index is 3.73. The van der Waals surface area contributed by atoms with E-state index in [1.165, 1.54) is 38.6 Å². The van der Waals surface area contributed by atoms with Crippen molar-refractivity contribution >= 4 is 0 Å². The van der Waals surface area contributed by atoms with E-state index in [4.69, 9.17) is 0 Å². The Morgan fingerprint density at radius 3 is 2.67 bits per heavy atom. The lowest BCUT2D eigenvalue weighted by molar-refractivity contribution is 0.387. The number of nitrogens with one attached hydrogen (secondary N) is 1. The SMILES string of the molecule is CCCC(CNC1CC1)C1CC1c1ccccc1. The van der Waals surface area contributed by atoms with Crippen LogP contribution in [0.4, 0.5) is 0 Å². The molecule has 0 spiro atoms. The molecular weight excluding hydrogens is 218 g/mol. The van der Waals surface area contributed by atoms with Gasteiger partial charge in [-0.3, -0.25) is 0 Å². The predicted molar refractivity (Wildman–Crippen MR) is 76.7 cm³/mol. The van der Waals surface area contributed by atoms with E-state index < -0.39 is 0 Å². The van der Waals surface area contributed by atoms with Crippen LogP contribution in [0.1, 0.15) is 50.5 Å². The molecule has 3 atom stereocenters. The van der Waals surface area contributed by atoms with E-state index in [1.54, 1.807) is 5.56 Å². The fourth-order valence-electron chi connectivity index (χ4n) is 3.26. The van der Waals surface area contributed by atoms with Crippen molar-refractivity contribution in [2.75, 3.05) is 6.54 Å². The third-order valence-corrected chi connectivity index (χ3v) is 4.58. The molecule has 3 unspecified atom stereocenters. The molecule has 1 aromatic rings. The van der Waals surface area contributed by atoms with Gasteiger partial charge in [-0.25, -0.2) is 0 Å². The zero-order valence-electron chi connectivity index (χ0n) is 11.4. The van der Waals surface area contributed by atoms with E-state index >= 15 is 0 Å². The summed E-state index contributed by atoms with van der Waals surface area (Å²) in [6.45, 7) is 3.58. The van der Waals surface area contributed by atoms with Gasteiger partial charge in [-0.1, -0.05) is 43.7 Å². The van der Waals surface area contributed by atoms with Crippen molar-refractivity contribution in [3.05, 3.63) is 35.9 Å². The largest absolute Gasteiger partial charge is 0.314 e. The van der Waals surface area contributed by atoms with Gasteiger partial charge in [-0.05, 0) is 55.5 Å². The Kier molecular flexibility index (Phi) is 3.69. The standard InChI is InChI=1S/C17H25N/c1-2-6-14(12-18-15-9-10-15)17-11-16(17)13-7-4-3-5-8-13/h3-5,7-8,14-18H,2,6,9-12H2,1H3. The number of rotatable bonds is 7. The number of hydrogen-bond donors (Lipinski definition) is 1. The molecular formula is C17H25N. The van der Waals surface area contributed by atoms with Gasteiger partial charge in [0, 0.05) is 6.04 Å². The first-order valence-electron chi connectivity index (χ1n) is 7.66. The molecule has 98 valence electrons. The van der Waals surface area contributed by atoms with Crippen LogP contribution in [0.3, 0.4) is 0 Å². The van der Waals surface area contributed by atoms with E-state index in [2.05, 4.69) is 42.6 Å². The molecule has 3 rings (SSSR count). The Balaban J connectivity index is 1.55. The van der Waals surface area contributed by atoms with E-state index in [1.807, 2.05) is 0 Å². The Bertz CT molecular complexity index is 368. The minimum absolute atomic E-state index is 0.851. The van der Waals surface area contributed by atoms with Crippen LogP contribution in [-0.4, -0.2) is 12.6 Å². The molecule has 1 heteroatoms. The highest BCUT2D eigenvalue weighted by molar-refractivity contribution is 5.26. The molecule has 2 aliphatic rings. The zero-order chi connectivity index (χ0) is 12.4. The van der Waals surface area contributed by atoms with Crippen molar-refractivity contribution in [1.82, 2.24) is 5.32 Å². The topological polar surface area (TPSA) is 12.0 Å². The molecule has 0 bridgehead atoms. The summed E-state index contributed by atoms with van der Waals surface area (Å²) in [6, 6.07) is 12.0. The highest BCUT2D eigenvalue weighted by Gasteiger charge is 2.43. The summed E-state index contributed by atoms with van der Waals surface area (Å²) >= 11 is 0. The van der Waals surface area contributed by atoms with E-state index in [-0.39, 0.29) is 0 Å². The molecule has 18 heavy (non-hydrogen) atoms. The highest BCUT2D eigenvalue weighted by atomic mass is 14.9. The van der Waals surface area contributed by atoms with Gasteiger partial charge in [-0.15, -0.1) is 0 Å². The zero-order valence-corrected chi connectivity index (χ0v) is 11.4. The first-order valence-corrected chi connectivity index (χ1v) is 7.66. The number of benzene rings is 1. The summed E-state index contributed by atoms with van der Waals surface area (Å²) in [5.41, 5.74) is 1.56. The second kappa shape index (κ2) is 5.44. The maximum atomic E-state index is 3.73. The third kappa shape index (κ3) is 2.95. The molecule has 0 aliphatic heterocycles. The first kappa shape index (κ1) is 12.2. The van der Waals surface area contributed by atoms with Gasteiger partial charge < -0.3 is 5.32 Å². The summed E-state index contributed by atoms with van der Waals surface area (Å²) in [7, 11) is 0. The second-order valence-corrected chi connectivity index (χ2v) is 6.15. The van der Waals surface area contributed by atoms with E-state index in [9.17, 15) is 0 Å². The molecule has 0 aromatic heterocycles. The van der Waals surface area contributed by atoms with Gasteiger partial charge >= 0.3 is 0 Å². The highest BCUT2D eigenvalue weighted by Crippen LogP contribution is 2.52. The van der Waals surface area contributed by atoms with Crippen LogP contribution in [0.2, 0.25) is 0 Å². The van der Waals surface area contributed by atoms with Gasteiger partial charge in [0.05, 0.1) is 0 Å². The minimum atomic E-state index is 0.851. The van der Waals surface area contributed by atoms with Gasteiger partial charge in [0.15, 0.2) is 0 Å². The quantitative estimate of drug-likeness (QED) is 0.764. The summed E-state index contributed by atoms with van der Waals surface area (Å²) in [5, 5.41) is 3.73. The molecule has 0 heterocycles. The Hall–Kier alpha value is -0.820. The van der Waals surface area contributed by atoms with Gasteiger partial charge in [0.25, 0.3) is 0 Å². The van der Waals surface area contributed by atoms with Crippen molar-refractivity contribution in [3.8, 4) is 0 Å². The van der Waals surface area contributed by atoms with Crippen LogP contribution in [0.25, 0.3) is 0 Å². The van der Waals surface area contributed by atoms with Gasteiger partial charge in [0.1, 0.15) is 0 Å². The van der Waals surface area contributed by atoms with Gasteiger partial charge in [0.2, 0.25) is 0 Å². The van der Waals surface area contributed by atoms with Crippen molar-refractivity contribution < 1.29 is 0 Å². The third-order valence-electron chi connectivity index (χ3n) is 4.58. The fraction of sp³-hybridized carbons (Fsp3) is 0.647. The molecule has 2 fully saturated rings. The van der Waals surface area contributed by atoms with Crippen molar-refractivity contribution in [2.45, 2.75) is 51.0 Å². The minimum Gasteiger partial charge on any atom is -0.314 e. The lowest BCUT2D eigenvalue weighted by atomic mass is 9.94. The number of hydrogen-bond acceptors (Lipinski definition) is 1. The molecule has 0 radical (unpaired) electrons. The molecule has 1 aromatic carbocycles. The Morgan fingerprint density at radius 1 is 1.22 bits per heavy atom. The summed E-state index contributed by atoms with van der Waals surface area (Å²) in [5.74, 6) is 2.70. The maximum Gasteiger partial charge on any atom is 0.00683 e. The smallest absolute Gasteiger partial charge is 0.00683 e. The van der Waals surface area contributed by atoms with Crippen LogP contribution in [0.5, 0.6) is 0 Å². The second-order valence-electron chi connectivity index (χ2n) is 6.15. The summed E-state index contributed by atoms with van der Waals surface area (Å²) in [6.07, 6.45) is 6.96. The summed E-state index contributed by atoms with van der Waals surface area (Å²) in [4.78, 5) is 0. The predicted octanol–water partition coefficient (Wildman–Crippen LogP) is 3.96. The van der Waals surface area contributed by atoms with Crippen LogP contribution in [0.15, 0.2) is 30.3 Å². The molecule has 1 N–H and O–H groups in total. The normalized spacial score (nSPS) is 28.1. The van der Waals surface area contributed by atoms with Gasteiger partial charge in [-0.2, -0.15) is 0 Å². The molecule has 2 aliphatic carbocycles. The lowest BCUT2D eigenvalue weighted by Crippen LogP contribution is -2.26. The van der Waals surface area contributed by atoms with Crippen LogP contribution in [0, 0.1) is 11.8 Å². The molecule has 2 saturated carbocycles. The van der Waals surface area contributed by atoms with Crippen LogP contribution < -0.4 is 5.32 Å². The van der Waals surface area contributed by atoms with E-state index in [0.717, 1.165) is 23.8 Å². The molecule has 0 amide bonds. The average molecular weight is 243 g/mol. The summed E-state index contributed by atoms with van der Waals surface area (Å²) < 4.78 is 0. The van der Waals surface area contributed by atoms with Crippen molar-refractivity contribution in [1.29, 1.82) is 0 Å². The van der Waals surface area contributed by atoms with Crippen molar-refractivity contribution in [3.63, 3.8) is 0 Å². The average Bonchev–Trinajstić information content (AvgIpc) is 3.29. The molecule has 1 nitrogen and oxygen atoms in total. The first-order chi connectivity index (χ1) is 8.88. The van der Waals surface area contributed by atoms with E-state index in [0.29, 0.717) is 0 Å². The van der Waals surface area contributed by atoms with Crippen LogP contribution >= 0.6 is 0 Å². The van der Waals surface area contributed by atoms with Crippen molar-refractivity contribution in [2.24, 2.45) is 11.8 Å². The molecule has 0 saturated heterocycles. The Morgan fingerprint density at radius 2 is 2.00 bits per heavy atom. The van der Waals surface area contributed by atoms with Crippen LogP contribution in [-0.2, 0) is 0 Å². The Labute approximate surface area is 111 Å².